The van der Waals surface area contributed by atoms with Gasteiger partial charge in [0.05, 0.1) is 5.56 Å². The Morgan fingerprint density at radius 3 is 2.71 bits per heavy atom. The van der Waals surface area contributed by atoms with Crippen LogP contribution in [0.1, 0.15) is 53.1 Å². The lowest BCUT2D eigenvalue weighted by molar-refractivity contribution is 0.0941. The van der Waals surface area contributed by atoms with Gasteiger partial charge >= 0.3 is 0 Å². The first-order valence-corrected chi connectivity index (χ1v) is 8.43. The molecule has 1 fully saturated rings. The van der Waals surface area contributed by atoms with E-state index in [0.29, 0.717) is 17.9 Å². The van der Waals surface area contributed by atoms with E-state index in [2.05, 4.69) is 22.1 Å². The zero-order valence-corrected chi connectivity index (χ0v) is 13.4. The van der Waals surface area contributed by atoms with E-state index in [0.717, 1.165) is 18.6 Å². The summed E-state index contributed by atoms with van der Waals surface area (Å²) in [5, 5.41) is 7.48. The van der Waals surface area contributed by atoms with Gasteiger partial charge in [-0.25, -0.2) is 0 Å². The summed E-state index contributed by atoms with van der Waals surface area (Å²) in [6.07, 6.45) is 4.81. The Hall–Kier alpha value is -1.55. The summed E-state index contributed by atoms with van der Waals surface area (Å²) in [7, 11) is 0. The van der Waals surface area contributed by atoms with Crippen LogP contribution in [0.5, 0.6) is 0 Å². The summed E-state index contributed by atoms with van der Waals surface area (Å²) in [5.41, 5.74) is 2.17. The molecule has 0 spiro atoms. The summed E-state index contributed by atoms with van der Waals surface area (Å²) in [4.78, 5) is 12.4. The first-order chi connectivity index (χ1) is 10.1. The molecule has 0 saturated heterocycles. The highest BCUT2D eigenvalue weighted by molar-refractivity contribution is 7.08. The molecule has 2 aromatic heterocycles. The Bertz CT molecular complexity index is 621. The number of carbonyl (C=O) groups excluding carboxylic acids is 1. The maximum Gasteiger partial charge on any atom is 0.254 e. The van der Waals surface area contributed by atoms with Crippen molar-refractivity contribution in [1.29, 1.82) is 0 Å². The molecule has 0 aliphatic heterocycles. The van der Waals surface area contributed by atoms with E-state index in [1.54, 1.807) is 11.3 Å². The van der Waals surface area contributed by atoms with E-state index >= 15 is 0 Å². The highest BCUT2D eigenvalue weighted by atomic mass is 32.1. The number of nitrogens with one attached hydrogen (secondary N) is 1. The van der Waals surface area contributed by atoms with Crippen LogP contribution in [-0.2, 0) is 5.41 Å². The van der Waals surface area contributed by atoms with Gasteiger partial charge in [0.1, 0.15) is 11.5 Å². The zero-order chi connectivity index (χ0) is 14.9. The lowest BCUT2D eigenvalue weighted by Gasteiger charge is -2.28. The van der Waals surface area contributed by atoms with Crippen LogP contribution in [0.2, 0.25) is 0 Å². The molecule has 1 saturated carbocycles. The van der Waals surface area contributed by atoms with Gasteiger partial charge in [-0.15, -0.1) is 0 Å². The lowest BCUT2D eigenvalue weighted by Crippen LogP contribution is -2.38. The van der Waals surface area contributed by atoms with Gasteiger partial charge in [0.15, 0.2) is 0 Å². The van der Waals surface area contributed by atoms with E-state index in [4.69, 9.17) is 4.42 Å². The molecule has 3 rings (SSSR count). The minimum absolute atomic E-state index is 0.0224. The number of aryl methyl sites for hydroxylation is 2. The van der Waals surface area contributed by atoms with Crippen molar-refractivity contribution in [2.75, 3.05) is 6.54 Å². The molecule has 21 heavy (non-hydrogen) atoms. The van der Waals surface area contributed by atoms with Crippen LogP contribution in [0.25, 0.3) is 0 Å². The van der Waals surface area contributed by atoms with Crippen LogP contribution >= 0.6 is 11.3 Å². The predicted molar refractivity (Wildman–Crippen MR) is 85.0 cm³/mol. The monoisotopic (exact) mass is 303 g/mol. The second-order valence-electron chi connectivity index (χ2n) is 6.01. The summed E-state index contributed by atoms with van der Waals surface area (Å²) in [6.45, 7) is 4.42. The van der Waals surface area contributed by atoms with Crippen molar-refractivity contribution in [3.05, 3.63) is 45.5 Å². The summed E-state index contributed by atoms with van der Waals surface area (Å²) >= 11 is 1.73. The van der Waals surface area contributed by atoms with Crippen molar-refractivity contribution < 1.29 is 9.21 Å². The molecule has 112 valence electrons. The van der Waals surface area contributed by atoms with Crippen LogP contribution in [0.15, 0.2) is 27.3 Å². The minimum Gasteiger partial charge on any atom is -0.466 e. The Kier molecular flexibility index (Phi) is 3.89. The normalized spacial score (nSPS) is 17.0. The molecule has 0 radical (unpaired) electrons. The number of hydrogen-bond acceptors (Lipinski definition) is 3. The van der Waals surface area contributed by atoms with Crippen molar-refractivity contribution in [3.8, 4) is 0 Å². The standard InChI is InChI=1S/C17H21NO2S/c1-12-9-15(13(2)20-12)16(19)18-11-17(6-3-4-7-17)14-5-8-21-10-14/h5,8-10H,3-4,6-7,11H2,1-2H3,(H,18,19). The Labute approximate surface area is 129 Å². The lowest BCUT2D eigenvalue weighted by atomic mass is 9.80. The molecule has 2 heterocycles. The molecule has 2 aromatic rings. The molecule has 1 aliphatic carbocycles. The molecule has 1 N–H and O–H groups in total. The van der Waals surface area contributed by atoms with Gasteiger partial charge in [-0.1, -0.05) is 12.8 Å². The molecule has 0 atom stereocenters. The van der Waals surface area contributed by atoms with Gasteiger partial charge in [0.25, 0.3) is 5.91 Å². The van der Waals surface area contributed by atoms with Gasteiger partial charge in [-0.3, -0.25) is 4.79 Å². The third kappa shape index (κ3) is 2.77. The molecule has 3 nitrogen and oxygen atoms in total. The third-order valence-electron chi connectivity index (χ3n) is 4.57. The molecule has 4 heteroatoms. The highest BCUT2D eigenvalue weighted by Crippen LogP contribution is 2.41. The smallest absolute Gasteiger partial charge is 0.254 e. The number of carbonyl (C=O) groups is 1. The van der Waals surface area contributed by atoms with E-state index < -0.39 is 0 Å². The maximum atomic E-state index is 12.4. The largest absolute Gasteiger partial charge is 0.466 e. The van der Waals surface area contributed by atoms with Gasteiger partial charge in [-0.2, -0.15) is 11.3 Å². The average molecular weight is 303 g/mol. The van der Waals surface area contributed by atoms with Gasteiger partial charge in [0.2, 0.25) is 0 Å². The van der Waals surface area contributed by atoms with Crippen LogP contribution in [0.3, 0.4) is 0 Å². The second kappa shape index (κ2) is 5.68. The van der Waals surface area contributed by atoms with Crippen molar-refractivity contribution >= 4 is 17.2 Å². The second-order valence-corrected chi connectivity index (χ2v) is 6.79. The van der Waals surface area contributed by atoms with Crippen LogP contribution in [0, 0.1) is 13.8 Å². The predicted octanol–water partition coefficient (Wildman–Crippen LogP) is 4.20. The molecular formula is C17H21NO2S. The Morgan fingerprint density at radius 1 is 1.38 bits per heavy atom. The van der Waals surface area contributed by atoms with Gasteiger partial charge in [-0.05, 0) is 55.1 Å². The van der Waals surface area contributed by atoms with Crippen molar-refractivity contribution in [1.82, 2.24) is 5.32 Å². The Balaban J connectivity index is 1.73. The fraction of sp³-hybridized carbons (Fsp3) is 0.471. The van der Waals surface area contributed by atoms with Crippen molar-refractivity contribution in [3.63, 3.8) is 0 Å². The average Bonchev–Trinajstić information content (AvgIpc) is 3.16. The van der Waals surface area contributed by atoms with Crippen molar-refractivity contribution in [2.24, 2.45) is 0 Å². The number of thiophene rings is 1. The van der Waals surface area contributed by atoms with E-state index in [1.807, 2.05) is 19.9 Å². The zero-order valence-electron chi connectivity index (χ0n) is 12.6. The van der Waals surface area contributed by atoms with Gasteiger partial charge < -0.3 is 9.73 Å². The molecule has 1 aliphatic rings. The maximum absolute atomic E-state index is 12.4. The molecular weight excluding hydrogens is 282 g/mol. The fourth-order valence-electron chi connectivity index (χ4n) is 3.39. The number of rotatable bonds is 4. The van der Waals surface area contributed by atoms with Crippen LogP contribution in [0.4, 0.5) is 0 Å². The van der Waals surface area contributed by atoms with Gasteiger partial charge in [0, 0.05) is 12.0 Å². The highest BCUT2D eigenvalue weighted by Gasteiger charge is 2.36. The van der Waals surface area contributed by atoms with E-state index in [1.165, 1.54) is 18.4 Å². The minimum atomic E-state index is -0.0224. The number of furan rings is 1. The molecule has 0 bridgehead atoms. The summed E-state index contributed by atoms with van der Waals surface area (Å²) < 4.78 is 5.45. The van der Waals surface area contributed by atoms with Crippen LogP contribution in [-0.4, -0.2) is 12.5 Å². The summed E-state index contributed by atoms with van der Waals surface area (Å²) in [6, 6.07) is 4.02. The molecule has 0 unspecified atom stereocenters. The third-order valence-corrected chi connectivity index (χ3v) is 5.25. The molecule has 0 aromatic carbocycles. The quantitative estimate of drug-likeness (QED) is 0.919. The first kappa shape index (κ1) is 14.4. The first-order valence-electron chi connectivity index (χ1n) is 7.49. The summed E-state index contributed by atoms with van der Waals surface area (Å²) in [5.74, 6) is 1.46. The van der Waals surface area contributed by atoms with E-state index in [-0.39, 0.29) is 11.3 Å². The van der Waals surface area contributed by atoms with E-state index in [9.17, 15) is 4.79 Å². The van der Waals surface area contributed by atoms with Crippen molar-refractivity contribution in [2.45, 2.75) is 44.9 Å². The number of amides is 1. The fourth-order valence-corrected chi connectivity index (χ4v) is 4.17. The van der Waals surface area contributed by atoms with Crippen LogP contribution < -0.4 is 5.32 Å². The Morgan fingerprint density at radius 2 is 2.14 bits per heavy atom. The molecule has 1 amide bonds. The topological polar surface area (TPSA) is 42.2 Å². The SMILES string of the molecule is Cc1cc(C(=O)NCC2(c3ccsc3)CCCC2)c(C)o1. The number of hydrogen-bond donors (Lipinski definition) is 1.